The third kappa shape index (κ3) is 5.15. The van der Waals surface area contributed by atoms with Crippen molar-refractivity contribution in [1.82, 2.24) is 10.2 Å². The largest absolute Gasteiger partial charge is 0.481 e. The van der Waals surface area contributed by atoms with E-state index in [1.54, 1.807) is 6.07 Å². The molecule has 1 fully saturated rings. The zero-order valence-corrected chi connectivity index (χ0v) is 13.8. The maximum absolute atomic E-state index is 13.6. The maximum Gasteiger partial charge on any atom is 0.303 e. The molecule has 1 aromatic rings. The van der Waals surface area contributed by atoms with E-state index in [1.165, 1.54) is 24.3 Å². The number of carboxylic acids is 1. The number of hydrogen-bond donors (Lipinski definition) is 2. The molecule has 0 aliphatic carbocycles. The first-order valence-corrected chi connectivity index (χ1v) is 8.18. The standard InChI is InChI=1S/C16H15FN2O5S/c17-11-5-2-1-4-10(11)8-12-15(23)19(16(24)25-12)9-13(20)18-7-3-6-14(21)22/h1-2,4-5,8H,3,6-7,9H2,(H,18,20)(H,21,22)/b12-8-. The zero-order valence-electron chi connectivity index (χ0n) is 13.0. The molecule has 0 saturated carbocycles. The molecule has 0 unspecified atom stereocenters. The van der Waals surface area contributed by atoms with Gasteiger partial charge in [-0.3, -0.25) is 24.1 Å². The third-order valence-electron chi connectivity index (χ3n) is 3.26. The molecule has 3 amide bonds. The van der Waals surface area contributed by atoms with Crippen molar-refractivity contribution < 1.29 is 28.7 Å². The number of nitrogens with one attached hydrogen (secondary N) is 1. The van der Waals surface area contributed by atoms with Crippen LogP contribution in [0.1, 0.15) is 18.4 Å². The molecule has 1 aliphatic heterocycles. The van der Waals surface area contributed by atoms with Crippen LogP contribution >= 0.6 is 11.8 Å². The van der Waals surface area contributed by atoms with Crippen LogP contribution in [0.5, 0.6) is 0 Å². The van der Waals surface area contributed by atoms with Gasteiger partial charge in [-0.1, -0.05) is 18.2 Å². The minimum atomic E-state index is -0.974. The average molecular weight is 366 g/mol. The molecule has 2 N–H and O–H groups in total. The highest BCUT2D eigenvalue weighted by molar-refractivity contribution is 8.18. The molecule has 0 bridgehead atoms. The Labute approximate surface area is 146 Å². The summed E-state index contributed by atoms with van der Waals surface area (Å²) in [4.78, 5) is 47.1. The van der Waals surface area contributed by atoms with Crippen molar-refractivity contribution in [3.8, 4) is 0 Å². The van der Waals surface area contributed by atoms with Crippen LogP contribution in [0.15, 0.2) is 29.2 Å². The Morgan fingerprint density at radius 2 is 2.00 bits per heavy atom. The van der Waals surface area contributed by atoms with Crippen LogP contribution in [-0.4, -0.2) is 46.1 Å². The van der Waals surface area contributed by atoms with E-state index in [-0.39, 0.29) is 29.9 Å². The van der Waals surface area contributed by atoms with Gasteiger partial charge in [-0.2, -0.15) is 0 Å². The summed E-state index contributed by atoms with van der Waals surface area (Å²) in [6.07, 6.45) is 1.42. The van der Waals surface area contributed by atoms with Crippen molar-refractivity contribution in [2.45, 2.75) is 12.8 Å². The summed E-state index contributed by atoms with van der Waals surface area (Å²) in [6.45, 7) is -0.335. The van der Waals surface area contributed by atoms with Gasteiger partial charge in [0, 0.05) is 18.5 Å². The number of imide groups is 1. The lowest BCUT2D eigenvalue weighted by Gasteiger charge is -2.12. The van der Waals surface area contributed by atoms with Crippen LogP contribution < -0.4 is 5.32 Å². The van der Waals surface area contributed by atoms with Crippen LogP contribution in [0.3, 0.4) is 0 Å². The Hall–Kier alpha value is -2.68. The van der Waals surface area contributed by atoms with Crippen LogP contribution in [0.2, 0.25) is 0 Å². The molecule has 25 heavy (non-hydrogen) atoms. The summed E-state index contributed by atoms with van der Waals surface area (Å²) >= 11 is 0.634. The number of amides is 3. The topological polar surface area (TPSA) is 104 Å². The molecule has 132 valence electrons. The van der Waals surface area contributed by atoms with Crippen LogP contribution in [0, 0.1) is 5.82 Å². The van der Waals surface area contributed by atoms with Gasteiger partial charge >= 0.3 is 5.97 Å². The van der Waals surface area contributed by atoms with Gasteiger partial charge in [-0.25, -0.2) is 4.39 Å². The van der Waals surface area contributed by atoms with Crippen LogP contribution in [0.4, 0.5) is 9.18 Å². The molecule has 1 aliphatic rings. The van der Waals surface area contributed by atoms with E-state index in [9.17, 15) is 23.6 Å². The molecule has 1 heterocycles. The van der Waals surface area contributed by atoms with E-state index >= 15 is 0 Å². The van der Waals surface area contributed by atoms with Crippen molar-refractivity contribution in [3.63, 3.8) is 0 Å². The predicted octanol–water partition coefficient (Wildman–Crippen LogP) is 1.84. The fourth-order valence-corrected chi connectivity index (χ4v) is 2.87. The molecule has 7 nitrogen and oxygen atoms in total. The van der Waals surface area contributed by atoms with Crippen molar-refractivity contribution in [3.05, 3.63) is 40.6 Å². The summed E-state index contributed by atoms with van der Waals surface area (Å²) in [5.74, 6) is -2.73. The number of carboxylic acid groups (broad SMARTS) is 1. The SMILES string of the molecule is O=C(O)CCCNC(=O)CN1C(=O)S/C(=C\c2ccccc2F)C1=O. The lowest BCUT2D eigenvalue weighted by atomic mass is 10.2. The molecule has 0 spiro atoms. The minimum Gasteiger partial charge on any atom is -0.481 e. The Morgan fingerprint density at radius 1 is 1.28 bits per heavy atom. The summed E-state index contributed by atoms with van der Waals surface area (Å²) in [5.41, 5.74) is 0.172. The van der Waals surface area contributed by atoms with E-state index in [4.69, 9.17) is 5.11 Å². The Bertz CT molecular complexity index is 750. The van der Waals surface area contributed by atoms with Gasteiger partial charge in [-0.05, 0) is 30.3 Å². The van der Waals surface area contributed by atoms with Crippen molar-refractivity contribution in [2.24, 2.45) is 0 Å². The highest BCUT2D eigenvalue weighted by Crippen LogP contribution is 2.32. The second-order valence-corrected chi connectivity index (χ2v) is 6.13. The van der Waals surface area contributed by atoms with E-state index in [0.717, 1.165) is 4.90 Å². The second-order valence-electron chi connectivity index (χ2n) is 5.14. The van der Waals surface area contributed by atoms with E-state index in [0.29, 0.717) is 11.8 Å². The van der Waals surface area contributed by atoms with Gasteiger partial charge in [0.15, 0.2) is 0 Å². The summed E-state index contributed by atoms with van der Waals surface area (Å²) in [5, 5.41) is 10.3. The predicted molar refractivity (Wildman–Crippen MR) is 89.0 cm³/mol. The smallest absolute Gasteiger partial charge is 0.303 e. The second kappa shape index (κ2) is 8.43. The highest BCUT2D eigenvalue weighted by atomic mass is 32.2. The Balaban J connectivity index is 1.96. The number of hydrogen-bond acceptors (Lipinski definition) is 5. The van der Waals surface area contributed by atoms with Crippen LogP contribution in [-0.2, 0) is 14.4 Å². The van der Waals surface area contributed by atoms with Gasteiger partial charge < -0.3 is 10.4 Å². The number of nitrogens with zero attached hydrogens (tertiary/aromatic N) is 1. The quantitative estimate of drug-likeness (QED) is 0.564. The molecule has 1 aromatic carbocycles. The van der Waals surface area contributed by atoms with Gasteiger partial charge in [0.2, 0.25) is 5.91 Å². The third-order valence-corrected chi connectivity index (χ3v) is 4.16. The molecule has 0 atom stereocenters. The number of aliphatic carboxylic acids is 1. The molecule has 9 heteroatoms. The first-order chi connectivity index (χ1) is 11.9. The van der Waals surface area contributed by atoms with E-state index in [2.05, 4.69) is 5.32 Å². The number of halogens is 1. The van der Waals surface area contributed by atoms with Crippen LogP contribution in [0.25, 0.3) is 6.08 Å². The van der Waals surface area contributed by atoms with Gasteiger partial charge in [0.25, 0.3) is 11.1 Å². The van der Waals surface area contributed by atoms with Crippen molar-refractivity contribution >= 4 is 40.9 Å². The number of carbonyl (C=O) groups excluding carboxylic acids is 3. The molecule has 2 rings (SSSR count). The Kier molecular flexibility index (Phi) is 6.29. The normalized spacial score (nSPS) is 15.7. The maximum atomic E-state index is 13.6. The molecule has 0 aromatic heterocycles. The van der Waals surface area contributed by atoms with E-state index in [1.807, 2.05) is 0 Å². The minimum absolute atomic E-state index is 0.0359. The monoisotopic (exact) mass is 366 g/mol. The number of carbonyl (C=O) groups is 4. The van der Waals surface area contributed by atoms with Crippen molar-refractivity contribution in [2.75, 3.05) is 13.1 Å². The lowest BCUT2D eigenvalue weighted by Crippen LogP contribution is -2.39. The molecular formula is C16H15FN2O5S. The van der Waals surface area contributed by atoms with Gasteiger partial charge in [-0.15, -0.1) is 0 Å². The Morgan fingerprint density at radius 3 is 2.68 bits per heavy atom. The summed E-state index contributed by atoms with van der Waals surface area (Å²) < 4.78 is 13.6. The number of thioether (sulfide) groups is 1. The molecule has 0 radical (unpaired) electrons. The van der Waals surface area contributed by atoms with Gasteiger partial charge in [0.1, 0.15) is 12.4 Å². The summed E-state index contributed by atoms with van der Waals surface area (Å²) in [6, 6.07) is 5.82. The number of benzene rings is 1. The molecular weight excluding hydrogens is 351 g/mol. The number of rotatable bonds is 7. The fourth-order valence-electron chi connectivity index (χ4n) is 2.04. The first-order valence-electron chi connectivity index (χ1n) is 7.37. The highest BCUT2D eigenvalue weighted by Gasteiger charge is 2.36. The lowest BCUT2D eigenvalue weighted by molar-refractivity contribution is -0.137. The van der Waals surface area contributed by atoms with E-state index < -0.39 is 35.4 Å². The fraction of sp³-hybridized carbons (Fsp3) is 0.250. The zero-order chi connectivity index (χ0) is 18.4. The van der Waals surface area contributed by atoms with Gasteiger partial charge in [0.05, 0.1) is 4.91 Å². The first kappa shape index (κ1) is 18.7. The average Bonchev–Trinajstić information content (AvgIpc) is 2.81. The molecule has 1 saturated heterocycles. The van der Waals surface area contributed by atoms with Crippen molar-refractivity contribution in [1.29, 1.82) is 0 Å². The summed E-state index contributed by atoms with van der Waals surface area (Å²) in [7, 11) is 0.